The van der Waals surface area contributed by atoms with Crippen LogP contribution in [0.5, 0.6) is 5.75 Å². The summed E-state index contributed by atoms with van der Waals surface area (Å²) in [6, 6.07) is 4.11. The monoisotopic (exact) mass is 498 g/mol. The van der Waals surface area contributed by atoms with E-state index in [4.69, 9.17) is 11.3 Å². The largest absolute Gasteiger partial charge is 0.494 e. The average molecular weight is 499 g/mol. The van der Waals surface area contributed by atoms with Gasteiger partial charge in [-0.2, -0.15) is 15.5 Å². The van der Waals surface area contributed by atoms with Gasteiger partial charge in [-0.1, -0.05) is 6.58 Å². The van der Waals surface area contributed by atoms with E-state index in [0.29, 0.717) is 55.7 Å². The molecule has 0 aromatic carbocycles. The van der Waals surface area contributed by atoms with Crippen LogP contribution in [-0.4, -0.2) is 79.8 Å². The van der Waals surface area contributed by atoms with Gasteiger partial charge >= 0.3 is 11.4 Å². The van der Waals surface area contributed by atoms with Gasteiger partial charge in [0.15, 0.2) is 0 Å². The van der Waals surface area contributed by atoms with E-state index in [0.717, 1.165) is 11.1 Å². The van der Waals surface area contributed by atoms with E-state index in [1.807, 2.05) is 23.1 Å². The summed E-state index contributed by atoms with van der Waals surface area (Å²) in [5.74, 6) is 0.110. The Morgan fingerprint density at radius 2 is 2.00 bits per heavy atom. The van der Waals surface area contributed by atoms with Crippen LogP contribution in [0.2, 0.25) is 0 Å². The van der Waals surface area contributed by atoms with E-state index in [-0.39, 0.29) is 24.4 Å². The standard InChI is InChI=1S/C26H26N8O3/c1-4-23(35)32-10-7-26(17-32,28-2)25(36)31-8-5-21(6-9-31)33-16-20(14-29-33)18-11-22(37-3)24-19(12-27)13-30-34(24)15-18/h4,11,13-16,21H,1,5-10,17H2,3H3. The van der Waals surface area contributed by atoms with Crippen molar-refractivity contribution < 1.29 is 14.3 Å². The third kappa shape index (κ3) is 4.08. The molecule has 11 heteroatoms. The molecule has 2 fully saturated rings. The van der Waals surface area contributed by atoms with Gasteiger partial charge in [0.2, 0.25) is 5.91 Å². The van der Waals surface area contributed by atoms with Gasteiger partial charge in [-0.25, -0.2) is 11.1 Å². The Bertz CT molecular complexity index is 1470. The van der Waals surface area contributed by atoms with Crippen LogP contribution in [-0.2, 0) is 9.59 Å². The second-order valence-corrected chi connectivity index (χ2v) is 9.35. The van der Waals surface area contributed by atoms with Gasteiger partial charge in [-0.3, -0.25) is 19.1 Å². The first kappa shape index (κ1) is 24.1. The second kappa shape index (κ2) is 9.43. The van der Waals surface area contributed by atoms with Crippen molar-refractivity contribution in [2.45, 2.75) is 30.8 Å². The lowest BCUT2D eigenvalue weighted by molar-refractivity contribution is -0.136. The van der Waals surface area contributed by atoms with Gasteiger partial charge in [0.25, 0.3) is 0 Å². The lowest BCUT2D eigenvalue weighted by Crippen LogP contribution is -2.51. The maximum atomic E-state index is 13.3. The minimum absolute atomic E-state index is 0.114. The van der Waals surface area contributed by atoms with Crippen molar-refractivity contribution in [3.05, 3.63) is 60.5 Å². The fraction of sp³-hybridized carbons (Fsp3) is 0.385. The summed E-state index contributed by atoms with van der Waals surface area (Å²) in [6.07, 6.45) is 10.1. The molecule has 11 nitrogen and oxygen atoms in total. The van der Waals surface area contributed by atoms with E-state index in [2.05, 4.69) is 27.7 Å². The maximum Gasteiger partial charge on any atom is 0.327 e. The number of hydrogen-bond acceptors (Lipinski definition) is 6. The van der Waals surface area contributed by atoms with E-state index < -0.39 is 5.54 Å². The Hall–Kier alpha value is -4.64. The minimum Gasteiger partial charge on any atom is -0.494 e. The van der Waals surface area contributed by atoms with Crippen molar-refractivity contribution in [2.75, 3.05) is 33.3 Å². The van der Waals surface area contributed by atoms with E-state index >= 15 is 0 Å². The number of nitriles is 1. The molecule has 1 atom stereocenters. The van der Waals surface area contributed by atoms with Crippen molar-refractivity contribution >= 4 is 17.3 Å². The highest BCUT2D eigenvalue weighted by Crippen LogP contribution is 2.33. The molecule has 2 amide bonds. The molecule has 0 aliphatic carbocycles. The van der Waals surface area contributed by atoms with Crippen molar-refractivity contribution in [2.24, 2.45) is 0 Å². The number of methoxy groups -OCH3 is 1. The molecular weight excluding hydrogens is 472 g/mol. The molecule has 2 aliphatic heterocycles. The average Bonchev–Trinajstić information content (AvgIpc) is 3.70. The number of likely N-dealkylation sites (tertiary alicyclic amines) is 2. The number of hydrogen-bond donors (Lipinski definition) is 0. The Morgan fingerprint density at radius 3 is 2.68 bits per heavy atom. The van der Waals surface area contributed by atoms with Gasteiger partial charge in [0, 0.05) is 43.2 Å². The summed E-state index contributed by atoms with van der Waals surface area (Å²) in [5, 5.41) is 18.2. The summed E-state index contributed by atoms with van der Waals surface area (Å²) in [5.41, 5.74) is 1.60. The normalized spacial score (nSPS) is 20.0. The SMILES string of the molecule is [C-]#[N+]C1(C(=O)N2CCC(n3cc(-c4cc(OC)c5c(C#N)cnn5c4)cn3)CC2)CCN(C(=O)C=C)C1. The molecule has 3 aromatic rings. The van der Waals surface area contributed by atoms with Crippen LogP contribution in [0, 0.1) is 17.9 Å². The van der Waals surface area contributed by atoms with Crippen LogP contribution in [0.15, 0.2) is 43.5 Å². The Labute approximate surface area is 213 Å². The topological polar surface area (TPSA) is 113 Å². The number of ether oxygens (including phenoxy) is 1. The van der Waals surface area contributed by atoms with E-state index in [9.17, 15) is 14.9 Å². The number of piperidine rings is 1. The number of carbonyl (C=O) groups excluding carboxylic acids is 2. The quantitative estimate of drug-likeness (QED) is 0.394. The summed E-state index contributed by atoms with van der Waals surface area (Å²) in [7, 11) is 1.56. The highest BCUT2D eigenvalue weighted by Gasteiger charge is 2.54. The number of rotatable bonds is 5. The second-order valence-electron chi connectivity index (χ2n) is 9.35. The summed E-state index contributed by atoms with van der Waals surface area (Å²) >= 11 is 0. The van der Waals surface area contributed by atoms with Crippen LogP contribution in [0.1, 0.15) is 30.9 Å². The molecule has 0 N–H and O–H groups in total. The summed E-state index contributed by atoms with van der Waals surface area (Å²) < 4.78 is 9.06. The first-order valence-corrected chi connectivity index (χ1v) is 12.0. The molecule has 3 aromatic heterocycles. The van der Waals surface area contributed by atoms with Crippen LogP contribution in [0.4, 0.5) is 0 Å². The smallest absolute Gasteiger partial charge is 0.327 e. The fourth-order valence-electron chi connectivity index (χ4n) is 5.22. The Balaban J connectivity index is 1.28. The summed E-state index contributed by atoms with van der Waals surface area (Å²) in [4.78, 5) is 32.3. The predicted octanol–water partition coefficient (Wildman–Crippen LogP) is 2.32. The molecule has 5 heterocycles. The molecule has 0 bridgehead atoms. The zero-order valence-electron chi connectivity index (χ0n) is 20.5. The van der Waals surface area contributed by atoms with Gasteiger partial charge in [0.1, 0.15) is 29.4 Å². The molecule has 1 unspecified atom stereocenters. The van der Waals surface area contributed by atoms with E-state index in [1.54, 1.807) is 22.7 Å². The van der Waals surface area contributed by atoms with Crippen LogP contribution in [0.3, 0.4) is 0 Å². The lowest BCUT2D eigenvalue weighted by Gasteiger charge is -2.34. The van der Waals surface area contributed by atoms with Crippen LogP contribution in [0.25, 0.3) is 21.5 Å². The van der Waals surface area contributed by atoms with E-state index in [1.165, 1.54) is 17.2 Å². The van der Waals surface area contributed by atoms with Crippen LogP contribution >= 0.6 is 0 Å². The zero-order valence-corrected chi connectivity index (χ0v) is 20.5. The molecule has 0 radical (unpaired) electrons. The minimum atomic E-state index is -1.21. The first-order chi connectivity index (χ1) is 17.9. The molecule has 37 heavy (non-hydrogen) atoms. The van der Waals surface area contributed by atoms with Gasteiger partial charge in [0.05, 0.1) is 32.0 Å². The van der Waals surface area contributed by atoms with Crippen molar-refractivity contribution in [3.8, 4) is 22.9 Å². The number of nitrogens with zero attached hydrogens (tertiary/aromatic N) is 8. The first-order valence-electron chi connectivity index (χ1n) is 12.0. The highest BCUT2D eigenvalue weighted by molar-refractivity contribution is 5.92. The number of amides is 2. The van der Waals surface area contributed by atoms with Gasteiger partial charge in [-0.15, -0.1) is 0 Å². The third-order valence-corrected chi connectivity index (χ3v) is 7.32. The van der Waals surface area contributed by atoms with Gasteiger partial charge in [-0.05, 0) is 25.0 Å². The third-order valence-electron chi connectivity index (χ3n) is 7.32. The molecule has 0 saturated carbocycles. The fourth-order valence-corrected chi connectivity index (χ4v) is 5.22. The van der Waals surface area contributed by atoms with Crippen molar-refractivity contribution in [1.82, 2.24) is 29.2 Å². The molecule has 2 aliphatic rings. The molecule has 2 saturated heterocycles. The molecule has 5 rings (SSSR count). The van der Waals surface area contributed by atoms with Crippen LogP contribution < -0.4 is 4.74 Å². The van der Waals surface area contributed by atoms with Crippen molar-refractivity contribution in [1.29, 1.82) is 5.26 Å². The Morgan fingerprint density at radius 1 is 1.22 bits per heavy atom. The molecule has 188 valence electrons. The zero-order chi connectivity index (χ0) is 26.2. The number of carbonyl (C=O) groups is 2. The molecule has 0 spiro atoms. The Kier molecular flexibility index (Phi) is 6.14. The lowest BCUT2D eigenvalue weighted by atomic mass is 9.95. The summed E-state index contributed by atoms with van der Waals surface area (Å²) in [6.45, 7) is 12.8. The maximum absolute atomic E-state index is 13.3. The number of aromatic nitrogens is 4. The molecular formula is C26H26N8O3. The van der Waals surface area contributed by atoms with Crippen molar-refractivity contribution in [3.63, 3.8) is 0 Å². The number of fused-ring (bicyclic) bond motifs is 1. The number of pyridine rings is 1. The highest BCUT2D eigenvalue weighted by atomic mass is 16.5. The predicted molar refractivity (Wildman–Crippen MR) is 133 cm³/mol. The van der Waals surface area contributed by atoms with Gasteiger partial charge < -0.3 is 14.5 Å².